The molecule has 8 aromatic carbocycles. The van der Waals surface area contributed by atoms with Crippen LogP contribution in [0.15, 0.2) is 200 Å². The lowest BCUT2D eigenvalue weighted by Gasteiger charge is -2.27. The van der Waals surface area contributed by atoms with Gasteiger partial charge in [-0.25, -0.2) is 15.0 Å². The third-order valence-electron chi connectivity index (χ3n) is 10.8. The summed E-state index contributed by atoms with van der Waals surface area (Å²) in [4.78, 5) is 17.5. The predicted octanol–water partition coefficient (Wildman–Crippen LogP) is 13.1. The first-order valence-electron chi connectivity index (χ1n) is 18.9. The lowest BCUT2D eigenvalue weighted by molar-refractivity contribution is 1.07. The Balaban J connectivity index is 1.20. The van der Waals surface area contributed by atoms with Gasteiger partial charge in [-0.2, -0.15) is 0 Å². The number of fused-ring (bicyclic) bond motifs is 9. The number of hydrogen-bond acceptors (Lipinski definition) is 4. The van der Waals surface area contributed by atoms with Gasteiger partial charge in [-0.3, -0.25) is 0 Å². The van der Waals surface area contributed by atoms with Gasteiger partial charge >= 0.3 is 0 Å². The third kappa shape index (κ3) is 5.13. The van der Waals surface area contributed by atoms with Crippen LogP contribution in [0.3, 0.4) is 0 Å². The quantitative estimate of drug-likeness (QED) is 0.178. The summed E-state index contributed by atoms with van der Waals surface area (Å²) in [7, 11) is 0. The highest BCUT2D eigenvalue weighted by Crippen LogP contribution is 2.54. The van der Waals surface area contributed by atoms with Gasteiger partial charge in [-0.1, -0.05) is 158 Å². The summed E-state index contributed by atoms with van der Waals surface area (Å²) in [5.74, 6) is 1.90. The Bertz CT molecular complexity index is 3020. The van der Waals surface area contributed by atoms with E-state index in [1.54, 1.807) is 0 Å². The van der Waals surface area contributed by atoms with Crippen LogP contribution in [0.2, 0.25) is 0 Å². The number of nitrogens with zero attached hydrogens (tertiary/aromatic N) is 5. The smallest absolute Gasteiger partial charge is 0.164 e. The van der Waals surface area contributed by atoms with E-state index in [0.29, 0.717) is 17.5 Å². The summed E-state index contributed by atoms with van der Waals surface area (Å²) in [5, 5.41) is 2.38. The zero-order chi connectivity index (χ0) is 37.0. The summed E-state index contributed by atoms with van der Waals surface area (Å²) in [5.41, 5.74) is 14.2. The number of anilines is 3. The molecule has 262 valence electrons. The Kier molecular flexibility index (Phi) is 7.42. The molecule has 0 amide bonds. The Hall–Kier alpha value is -7.63. The van der Waals surface area contributed by atoms with Gasteiger partial charge in [0.25, 0.3) is 0 Å². The fourth-order valence-electron chi connectivity index (χ4n) is 8.31. The molecule has 1 aliphatic heterocycles. The molecule has 0 radical (unpaired) electrons. The van der Waals surface area contributed by atoms with E-state index in [1.807, 2.05) is 60.7 Å². The summed E-state index contributed by atoms with van der Waals surface area (Å²) in [6.45, 7) is 0. The number of para-hydroxylation sites is 3. The van der Waals surface area contributed by atoms with E-state index >= 15 is 0 Å². The Morgan fingerprint density at radius 3 is 1.59 bits per heavy atom. The SMILES string of the molecule is c1ccc(-c2nc(-c3ccccc3)nc(-c3cccc(-n4c5ccccc5c5ccc6c(c54)-c4ccccc4-c4ccccc4N6c4ccccc4)c3)n2)cc1. The molecule has 2 aromatic heterocycles. The zero-order valence-electron chi connectivity index (χ0n) is 30.3. The molecule has 0 unspecified atom stereocenters. The lowest BCUT2D eigenvalue weighted by atomic mass is 9.93. The molecular weight excluding hydrogens is 683 g/mol. The minimum atomic E-state index is 0.621. The Morgan fingerprint density at radius 2 is 0.875 bits per heavy atom. The molecule has 56 heavy (non-hydrogen) atoms. The second kappa shape index (κ2) is 13.0. The van der Waals surface area contributed by atoms with E-state index < -0.39 is 0 Å². The number of aromatic nitrogens is 4. The van der Waals surface area contributed by atoms with Gasteiger partial charge in [-0.05, 0) is 53.6 Å². The second-order valence-electron chi connectivity index (χ2n) is 14.0. The van der Waals surface area contributed by atoms with Gasteiger partial charge in [0.05, 0.1) is 22.4 Å². The maximum absolute atomic E-state index is 5.09. The van der Waals surface area contributed by atoms with Crippen molar-refractivity contribution in [2.45, 2.75) is 0 Å². The number of hydrogen-bond donors (Lipinski definition) is 0. The summed E-state index contributed by atoms with van der Waals surface area (Å²) in [6.07, 6.45) is 0. The van der Waals surface area contributed by atoms with Gasteiger partial charge < -0.3 is 9.47 Å². The van der Waals surface area contributed by atoms with Crippen LogP contribution < -0.4 is 4.90 Å². The largest absolute Gasteiger partial charge is 0.309 e. The van der Waals surface area contributed by atoms with Crippen molar-refractivity contribution in [2.75, 3.05) is 4.90 Å². The lowest BCUT2D eigenvalue weighted by Crippen LogP contribution is -2.11. The number of rotatable bonds is 5. The first-order chi connectivity index (χ1) is 27.8. The van der Waals surface area contributed by atoms with Gasteiger partial charge in [0, 0.05) is 50.0 Å². The van der Waals surface area contributed by atoms with Crippen LogP contribution in [0.4, 0.5) is 17.1 Å². The van der Waals surface area contributed by atoms with Crippen LogP contribution in [-0.4, -0.2) is 19.5 Å². The molecule has 0 saturated heterocycles. The standard InChI is InChI=1S/C51H33N5/c1-4-17-34(18-5-1)49-52-50(35-19-6-2-7-20-35)54-51(53-49)36-21-16-24-38(33-36)56-45-30-15-13-27-41(45)43-31-32-46-47(48(43)56)42-28-11-10-25-39(42)40-26-12-14-29-44(40)55(46)37-22-8-3-9-23-37/h1-33H. The molecule has 1 aliphatic rings. The van der Waals surface area contributed by atoms with Gasteiger partial charge in [0.2, 0.25) is 0 Å². The highest BCUT2D eigenvalue weighted by atomic mass is 15.2. The van der Waals surface area contributed by atoms with Gasteiger partial charge in [0.15, 0.2) is 17.5 Å². The first kappa shape index (κ1) is 31.9. The van der Waals surface area contributed by atoms with E-state index in [1.165, 1.54) is 33.0 Å². The molecule has 0 spiro atoms. The van der Waals surface area contributed by atoms with Crippen LogP contribution in [0.1, 0.15) is 0 Å². The zero-order valence-corrected chi connectivity index (χ0v) is 30.3. The van der Waals surface area contributed by atoms with Crippen molar-refractivity contribution in [3.05, 3.63) is 200 Å². The van der Waals surface area contributed by atoms with Crippen LogP contribution in [0, 0.1) is 0 Å². The molecule has 0 fully saturated rings. The first-order valence-corrected chi connectivity index (χ1v) is 18.9. The predicted molar refractivity (Wildman–Crippen MR) is 230 cm³/mol. The molecule has 10 aromatic rings. The van der Waals surface area contributed by atoms with Crippen LogP contribution >= 0.6 is 0 Å². The molecule has 0 saturated carbocycles. The Labute approximate surface area is 324 Å². The van der Waals surface area contributed by atoms with Crippen molar-refractivity contribution in [2.24, 2.45) is 0 Å². The molecular formula is C51H33N5. The van der Waals surface area contributed by atoms with Crippen LogP contribution in [0.5, 0.6) is 0 Å². The van der Waals surface area contributed by atoms with E-state index in [-0.39, 0.29) is 0 Å². The topological polar surface area (TPSA) is 46.8 Å². The summed E-state index contributed by atoms with van der Waals surface area (Å²) >= 11 is 0. The van der Waals surface area contributed by atoms with E-state index in [2.05, 4.69) is 149 Å². The fourth-order valence-corrected chi connectivity index (χ4v) is 8.31. The molecule has 0 bridgehead atoms. The van der Waals surface area contributed by atoms with Gasteiger partial charge in [-0.15, -0.1) is 0 Å². The Morgan fingerprint density at radius 1 is 0.339 bits per heavy atom. The van der Waals surface area contributed by atoms with Crippen molar-refractivity contribution in [3.8, 4) is 62.1 Å². The van der Waals surface area contributed by atoms with Crippen LogP contribution in [0.25, 0.3) is 83.9 Å². The monoisotopic (exact) mass is 715 g/mol. The normalized spacial score (nSPS) is 11.9. The molecule has 5 heteroatoms. The van der Waals surface area contributed by atoms with Crippen molar-refractivity contribution >= 4 is 38.9 Å². The molecule has 5 nitrogen and oxygen atoms in total. The van der Waals surface area contributed by atoms with Crippen molar-refractivity contribution in [3.63, 3.8) is 0 Å². The average Bonchev–Trinajstić information content (AvgIpc) is 3.55. The minimum absolute atomic E-state index is 0.621. The van der Waals surface area contributed by atoms with Crippen molar-refractivity contribution in [1.82, 2.24) is 19.5 Å². The second-order valence-corrected chi connectivity index (χ2v) is 14.0. The van der Waals surface area contributed by atoms with Gasteiger partial charge in [0.1, 0.15) is 0 Å². The molecule has 0 aliphatic carbocycles. The van der Waals surface area contributed by atoms with Crippen molar-refractivity contribution in [1.29, 1.82) is 0 Å². The average molecular weight is 716 g/mol. The third-order valence-corrected chi connectivity index (χ3v) is 10.8. The maximum Gasteiger partial charge on any atom is 0.164 e. The van der Waals surface area contributed by atoms with E-state index in [4.69, 9.17) is 15.0 Å². The fraction of sp³-hybridized carbons (Fsp3) is 0. The molecule has 0 atom stereocenters. The summed E-state index contributed by atoms with van der Waals surface area (Å²) in [6, 6.07) is 70.5. The minimum Gasteiger partial charge on any atom is -0.309 e. The highest BCUT2D eigenvalue weighted by Gasteiger charge is 2.29. The van der Waals surface area contributed by atoms with E-state index in [9.17, 15) is 0 Å². The van der Waals surface area contributed by atoms with E-state index in [0.717, 1.165) is 50.5 Å². The summed E-state index contributed by atoms with van der Waals surface area (Å²) < 4.78 is 2.43. The highest BCUT2D eigenvalue weighted by molar-refractivity contribution is 6.19. The van der Waals surface area contributed by atoms with Crippen LogP contribution in [-0.2, 0) is 0 Å². The van der Waals surface area contributed by atoms with Crippen molar-refractivity contribution < 1.29 is 0 Å². The number of benzene rings is 8. The molecule has 0 N–H and O–H groups in total. The molecule has 11 rings (SSSR count). The maximum atomic E-state index is 5.09. The molecule has 3 heterocycles.